The van der Waals surface area contributed by atoms with Gasteiger partial charge >= 0.3 is 0 Å². The van der Waals surface area contributed by atoms with Gasteiger partial charge in [0.1, 0.15) is 0 Å². The van der Waals surface area contributed by atoms with Crippen molar-refractivity contribution in [3.63, 3.8) is 0 Å². The number of aryl methyl sites for hydroxylation is 2. The maximum atomic E-state index is 12.2. The van der Waals surface area contributed by atoms with Crippen LogP contribution in [0.4, 0.5) is 5.13 Å². The van der Waals surface area contributed by atoms with Crippen LogP contribution in [0.25, 0.3) is 0 Å². The van der Waals surface area contributed by atoms with Gasteiger partial charge in [0.25, 0.3) is 0 Å². The molecule has 1 aromatic heterocycles. The first kappa shape index (κ1) is 14.3. The predicted octanol–water partition coefficient (Wildman–Crippen LogP) is 4.15. The highest BCUT2D eigenvalue weighted by Gasteiger charge is 2.17. The lowest BCUT2D eigenvalue weighted by atomic mass is 9.98. The number of aromatic nitrogens is 1. The number of amides is 1. The van der Waals surface area contributed by atoms with Crippen molar-refractivity contribution in [3.05, 3.63) is 46.5 Å². The SMILES string of the molecule is C[C@H](CC(=O)Nc1nc2c(s1)CCCC2)c1ccccc1. The van der Waals surface area contributed by atoms with Gasteiger partial charge in [0, 0.05) is 11.3 Å². The van der Waals surface area contributed by atoms with E-state index in [0.29, 0.717) is 6.42 Å². The second kappa shape index (κ2) is 6.39. The first-order valence-electron chi connectivity index (χ1n) is 7.56. The van der Waals surface area contributed by atoms with Gasteiger partial charge in [-0.3, -0.25) is 4.79 Å². The zero-order chi connectivity index (χ0) is 14.7. The summed E-state index contributed by atoms with van der Waals surface area (Å²) in [6, 6.07) is 10.2. The van der Waals surface area contributed by atoms with Gasteiger partial charge in [-0.2, -0.15) is 0 Å². The van der Waals surface area contributed by atoms with E-state index in [2.05, 4.69) is 29.4 Å². The highest BCUT2D eigenvalue weighted by atomic mass is 32.1. The van der Waals surface area contributed by atoms with Crippen molar-refractivity contribution >= 4 is 22.4 Å². The molecule has 1 aliphatic carbocycles. The Morgan fingerprint density at radius 1 is 1.29 bits per heavy atom. The first-order chi connectivity index (χ1) is 10.2. The monoisotopic (exact) mass is 300 g/mol. The number of rotatable bonds is 4. The number of nitrogens with one attached hydrogen (secondary N) is 1. The zero-order valence-electron chi connectivity index (χ0n) is 12.3. The molecule has 1 atom stereocenters. The number of hydrogen-bond donors (Lipinski definition) is 1. The molecule has 4 heteroatoms. The molecule has 0 fully saturated rings. The molecule has 0 saturated carbocycles. The number of carbonyl (C=O) groups is 1. The van der Waals surface area contributed by atoms with Gasteiger partial charge in [-0.1, -0.05) is 37.3 Å². The van der Waals surface area contributed by atoms with Crippen LogP contribution in [0, 0.1) is 0 Å². The van der Waals surface area contributed by atoms with Crippen LogP contribution >= 0.6 is 11.3 Å². The number of anilines is 1. The van der Waals surface area contributed by atoms with Crippen LogP contribution in [-0.4, -0.2) is 10.9 Å². The Hall–Kier alpha value is -1.68. The van der Waals surface area contributed by atoms with Crippen LogP contribution in [0.3, 0.4) is 0 Å². The molecule has 0 saturated heterocycles. The fourth-order valence-electron chi connectivity index (χ4n) is 2.75. The molecule has 0 unspecified atom stereocenters. The first-order valence-corrected chi connectivity index (χ1v) is 8.37. The number of nitrogens with zero attached hydrogens (tertiary/aromatic N) is 1. The van der Waals surface area contributed by atoms with E-state index in [1.165, 1.54) is 29.0 Å². The molecule has 0 spiro atoms. The van der Waals surface area contributed by atoms with E-state index in [4.69, 9.17) is 0 Å². The molecule has 0 radical (unpaired) electrons. The minimum absolute atomic E-state index is 0.0532. The van der Waals surface area contributed by atoms with Gasteiger partial charge in [0.2, 0.25) is 5.91 Å². The van der Waals surface area contributed by atoms with E-state index >= 15 is 0 Å². The Kier molecular flexibility index (Phi) is 4.34. The molecule has 3 nitrogen and oxygen atoms in total. The van der Waals surface area contributed by atoms with Crippen molar-refractivity contribution in [2.24, 2.45) is 0 Å². The Morgan fingerprint density at radius 3 is 2.81 bits per heavy atom. The predicted molar refractivity (Wildman–Crippen MR) is 86.9 cm³/mol. The van der Waals surface area contributed by atoms with Crippen LogP contribution in [0.15, 0.2) is 30.3 Å². The standard InChI is InChI=1S/C17H20N2OS/c1-12(13-7-3-2-4-8-13)11-16(20)19-17-18-14-9-5-6-10-15(14)21-17/h2-4,7-8,12H,5-6,9-11H2,1H3,(H,18,19,20)/t12-/m1/s1. The maximum absolute atomic E-state index is 12.2. The number of thiazole rings is 1. The van der Waals surface area contributed by atoms with Crippen LogP contribution in [0.1, 0.15) is 48.2 Å². The third-order valence-corrected chi connectivity index (χ3v) is 5.03. The lowest BCUT2D eigenvalue weighted by Crippen LogP contribution is -2.14. The molecule has 3 rings (SSSR count). The lowest BCUT2D eigenvalue weighted by molar-refractivity contribution is -0.116. The van der Waals surface area contributed by atoms with Gasteiger partial charge in [0.05, 0.1) is 5.69 Å². The van der Waals surface area contributed by atoms with E-state index < -0.39 is 0 Å². The molecule has 110 valence electrons. The second-order valence-corrected chi connectivity index (χ2v) is 6.74. The molecule has 0 bridgehead atoms. The molecule has 2 aromatic rings. The molecule has 1 N–H and O–H groups in total. The summed E-state index contributed by atoms with van der Waals surface area (Å²) in [4.78, 5) is 18.1. The minimum atomic E-state index is 0.0532. The quantitative estimate of drug-likeness (QED) is 0.921. The number of carbonyl (C=O) groups excluding carboxylic acids is 1. The van der Waals surface area contributed by atoms with E-state index in [-0.39, 0.29) is 11.8 Å². The van der Waals surface area contributed by atoms with Gasteiger partial charge in [-0.05, 0) is 37.2 Å². The van der Waals surface area contributed by atoms with Gasteiger partial charge in [-0.25, -0.2) is 4.98 Å². The van der Waals surface area contributed by atoms with Crippen molar-refractivity contribution in [2.75, 3.05) is 5.32 Å². The maximum Gasteiger partial charge on any atom is 0.226 e. The second-order valence-electron chi connectivity index (χ2n) is 5.66. The van der Waals surface area contributed by atoms with E-state index in [9.17, 15) is 4.79 Å². The van der Waals surface area contributed by atoms with Crippen molar-refractivity contribution in [2.45, 2.75) is 44.9 Å². The highest BCUT2D eigenvalue weighted by Crippen LogP contribution is 2.30. The Bertz CT molecular complexity index is 597. The molecular formula is C17H20N2OS. The van der Waals surface area contributed by atoms with E-state index in [0.717, 1.165) is 18.0 Å². The average molecular weight is 300 g/mol. The molecule has 1 aromatic carbocycles. The minimum Gasteiger partial charge on any atom is -0.302 e. The van der Waals surface area contributed by atoms with Crippen LogP contribution in [0.2, 0.25) is 0 Å². The smallest absolute Gasteiger partial charge is 0.226 e. The summed E-state index contributed by atoms with van der Waals surface area (Å²) >= 11 is 1.64. The summed E-state index contributed by atoms with van der Waals surface area (Å²) in [5, 5.41) is 3.74. The average Bonchev–Trinajstić information content (AvgIpc) is 2.90. The van der Waals surface area contributed by atoms with Crippen LogP contribution in [0.5, 0.6) is 0 Å². The van der Waals surface area contributed by atoms with E-state index in [1.807, 2.05) is 18.2 Å². The molecule has 21 heavy (non-hydrogen) atoms. The van der Waals surface area contributed by atoms with Crippen molar-refractivity contribution < 1.29 is 4.79 Å². The molecule has 1 heterocycles. The Balaban J connectivity index is 1.60. The summed E-state index contributed by atoms with van der Waals surface area (Å²) in [5.74, 6) is 0.276. The molecular weight excluding hydrogens is 280 g/mol. The normalized spacial score (nSPS) is 15.3. The number of benzene rings is 1. The van der Waals surface area contributed by atoms with Gasteiger partial charge in [0.15, 0.2) is 5.13 Å². The highest BCUT2D eigenvalue weighted by molar-refractivity contribution is 7.15. The topological polar surface area (TPSA) is 42.0 Å². The number of hydrogen-bond acceptors (Lipinski definition) is 3. The lowest BCUT2D eigenvalue weighted by Gasteiger charge is -2.10. The summed E-state index contributed by atoms with van der Waals surface area (Å²) in [6.45, 7) is 2.09. The summed E-state index contributed by atoms with van der Waals surface area (Å²) in [5.41, 5.74) is 2.39. The van der Waals surface area contributed by atoms with Crippen molar-refractivity contribution in [1.82, 2.24) is 4.98 Å². The third-order valence-electron chi connectivity index (χ3n) is 3.95. The Morgan fingerprint density at radius 2 is 2.05 bits per heavy atom. The fourth-order valence-corrected chi connectivity index (χ4v) is 3.82. The fraction of sp³-hybridized carbons (Fsp3) is 0.412. The molecule has 1 amide bonds. The van der Waals surface area contributed by atoms with Crippen LogP contribution in [-0.2, 0) is 17.6 Å². The summed E-state index contributed by atoms with van der Waals surface area (Å²) < 4.78 is 0. The molecule has 1 aliphatic rings. The summed E-state index contributed by atoms with van der Waals surface area (Å²) in [6.07, 6.45) is 5.13. The Labute approximate surface area is 129 Å². The van der Waals surface area contributed by atoms with E-state index in [1.54, 1.807) is 11.3 Å². The van der Waals surface area contributed by atoms with Crippen LogP contribution < -0.4 is 5.32 Å². The number of fused-ring (bicyclic) bond motifs is 1. The van der Waals surface area contributed by atoms with Gasteiger partial charge in [-0.15, -0.1) is 11.3 Å². The largest absolute Gasteiger partial charge is 0.302 e. The summed E-state index contributed by atoms with van der Waals surface area (Å²) in [7, 11) is 0. The van der Waals surface area contributed by atoms with Crippen molar-refractivity contribution in [1.29, 1.82) is 0 Å². The third kappa shape index (κ3) is 3.50. The zero-order valence-corrected chi connectivity index (χ0v) is 13.1. The van der Waals surface area contributed by atoms with Crippen molar-refractivity contribution in [3.8, 4) is 0 Å². The van der Waals surface area contributed by atoms with Gasteiger partial charge < -0.3 is 5.32 Å². The molecule has 0 aliphatic heterocycles.